The number of nitrogens with one attached hydrogen (secondary N) is 1. The summed E-state index contributed by atoms with van der Waals surface area (Å²) in [6, 6.07) is 0.910. The van der Waals surface area contributed by atoms with E-state index in [1.807, 2.05) is 0 Å². The van der Waals surface area contributed by atoms with Gasteiger partial charge in [-0.2, -0.15) is 0 Å². The Morgan fingerprint density at radius 2 is 2.27 bits per heavy atom. The van der Waals surface area contributed by atoms with Crippen LogP contribution in [0.2, 0.25) is 0 Å². The van der Waals surface area contributed by atoms with Crippen LogP contribution in [0.25, 0.3) is 0 Å². The van der Waals surface area contributed by atoms with Crippen molar-refractivity contribution < 1.29 is 9.84 Å². The molecule has 3 heteroatoms. The largest absolute Gasteiger partial charge is 0.393 e. The van der Waals surface area contributed by atoms with E-state index in [4.69, 9.17) is 9.84 Å². The van der Waals surface area contributed by atoms with Gasteiger partial charge < -0.3 is 15.2 Å². The smallest absolute Gasteiger partial charge is 0.0613 e. The number of ether oxygens (including phenoxy) is 1. The Bertz CT molecular complexity index is 110. The van der Waals surface area contributed by atoms with Gasteiger partial charge in [0.05, 0.1) is 12.7 Å². The van der Waals surface area contributed by atoms with E-state index in [0.717, 1.165) is 19.4 Å². The first-order chi connectivity index (χ1) is 5.22. The highest BCUT2D eigenvalue weighted by atomic mass is 16.5. The number of rotatable bonds is 4. The normalized spacial score (nSPS) is 33.0. The number of aliphatic hydroxyl groups excluding tert-OH is 1. The van der Waals surface area contributed by atoms with Crippen molar-refractivity contribution in [1.29, 1.82) is 0 Å². The Balaban J connectivity index is 2.02. The highest BCUT2D eigenvalue weighted by molar-refractivity contribution is 4.86. The SMILES string of the molecule is COCC(C)NC1CC(O)C1. The van der Waals surface area contributed by atoms with E-state index in [-0.39, 0.29) is 6.10 Å². The molecular formula is C8H17NO2. The van der Waals surface area contributed by atoms with Gasteiger partial charge in [0.15, 0.2) is 0 Å². The Morgan fingerprint density at radius 1 is 1.64 bits per heavy atom. The first kappa shape index (κ1) is 8.97. The predicted octanol–water partition coefficient (Wildman–Crippen LogP) is 0.134. The first-order valence-corrected chi connectivity index (χ1v) is 4.15. The lowest BCUT2D eigenvalue weighted by Crippen LogP contribution is -2.48. The summed E-state index contributed by atoms with van der Waals surface area (Å²) in [5.74, 6) is 0. The molecule has 0 bridgehead atoms. The molecule has 1 atom stereocenters. The van der Waals surface area contributed by atoms with Gasteiger partial charge >= 0.3 is 0 Å². The van der Waals surface area contributed by atoms with Crippen molar-refractivity contribution in [1.82, 2.24) is 5.32 Å². The van der Waals surface area contributed by atoms with Crippen LogP contribution in [-0.4, -0.2) is 37.0 Å². The third-order valence-corrected chi connectivity index (χ3v) is 2.05. The average Bonchev–Trinajstić information content (AvgIpc) is 1.85. The zero-order valence-electron chi connectivity index (χ0n) is 7.21. The molecule has 11 heavy (non-hydrogen) atoms. The maximum Gasteiger partial charge on any atom is 0.0613 e. The molecule has 0 spiro atoms. The first-order valence-electron chi connectivity index (χ1n) is 4.15. The minimum atomic E-state index is -0.0674. The molecule has 1 aliphatic carbocycles. The second-order valence-corrected chi connectivity index (χ2v) is 3.35. The summed E-state index contributed by atoms with van der Waals surface area (Å²) in [5.41, 5.74) is 0. The summed E-state index contributed by atoms with van der Waals surface area (Å²) in [6.45, 7) is 2.83. The Hall–Kier alpha value is -0.120. The number of hydrogen-bond acceptors (Lipinski definition) is 3. The van der Waals surface area contributed by atoms with E-state index in [9.17, 15) is 0 Å². The van der Waals surface area contributed by atoms with Crippen LogP contribution in [0, 0.1) is 0 Å². The van der Waals surface area contributed by atoms with E-state index >= 15 is 0 Å². The number of aliphatic hydroxyl groups is 1. The molecule has 1 saturated carbocycles. The van der Waals surface area contributed by atoms with Crippen molar-refractivity contribution in [3.63, 3.8) is 0 Å². The van der Waals surface area contributed by atoms with E-state index in [1.54, 1.807) is 7.11 Å². The molecule has 3 nitrogen and oxygen atoms in total. The molecular weight excluding hydrogens is 142 g/mol. The van der Waals surface area contributed by atoms with Gasteiger partial charge in [0, 0.05) is 19.2 Å². The van der Waals surface area contributed by atoms with Gasteiger partial charge in [-0.25, -0.2) is 0 Å². The second kappa shape index (κ2) is 4.04. The fourth-order valence-electron chi connectivity index (χ4n) is 1.42. The van der Waals surface area contributed by atoms with Gasteiger partial charge in [0.1, 0.15) is 0 Å². The molecule has 1 unspecified atom stereocenters. The third-order valence-electron chi connectivity index (χ3n) is 2.05. The maximum absolute atomic E-state index is 8.99. The van der Waals surface area contributed by atoms with Crippen LogP contribution in [-0.2, 0) is 4.74 Å². The van der Waals surface area contributed by atoms with Crippen molar-refractivity contribution in [3.8, 4) is 0 Å². The lowest BCUT2D eigenvalue weighted by Gasteiger charge is -2.34. The lowest BCUT2D eigenvalue weighted by molar-refractivity contribution is 0.0518. The Labute approximate surface area is 67.7 Å². The van der Waals surface area contributed by atoms with E-state index in [2.05, 4.69) is 12.2 Å². The van der Waals surface area contributed by atoms with Crippen molar-refractivity contribution >= 4 is 0 Å². The molecule has 0 aromatic rings. The molecule has 0 radical (unpaired) electrons. The fraction of sp³-hybridized carbons (Fsp3) is 1.00. The molecule has 0 heterocycles. The fourth-order valence-corrected chi connectivity index (χ4v) is 1.42. The molecule has 0 aliphatic heterocycles. The van der Waals surface area contributed by atoms with Crippen molar-refractivity contribution in [2.45, 2.75) is 38.0 Å². The van der Waals surface area contributed by atoms with Gasteiger partial charge in [-0.05, 0) is 19.8 Å². The van der Waals surface area contributed by atoms with E-state index < -0.39 is 0 Å². The molecule has 66 valence electrons. The standard InChI is InChI=1S/C8H17NO2/c1-6(5-11-2)9-7-3-8(10)4-7/h6-10H,3-5H2,1-2H3. The van der Waals surface area contributed by atoms with Crippen molar-refractivity contribution in [2.75, 3.05) is 13.7 Å². The van der Waals surface area contributed by atoms with Gasteiger partial charge in [0.25, 0.3) is 0 Å². The summed E-state index contributed by atoms with van der Waals surface area (Å²) >= 11 is 0. The molecule has 0 saturated heterocycles. The Kier molecular flexibility index (Phi) is 3.30. The maximum atomic E-state index is 8.99. The highest BCUT2D eigenvalue weighted by Gasteiger charge is 2.27. The summed E-state index contributed by atoms with van der Waals surface area (Å²) in [7, 11) is 1.70. The zero-order valence-corrected chi connectivity index (χ0v) is 7.21. The van der Waals surface area contributed by atoms with Gasteiger partial charge in [0.2, 0.25) is 0 Å². The van der Waals surface area contributed by atoms with E-state index in [0.29, 0.717) is 12.1 Å². The van der Waals surface area contributed by atoms with Crippen LogP contribution >= 0.6 is 0 Å². The van der Waals surface area contributed by atoms with Crippen LogP contribution in [0.4, 0.5) is 0 Å². The van der Waals surface area contributed by atoms with Crippen LogP contribution < -0.4 is 5.32 Å². The highest BCUT2D eigenvalue weighted by Crippen LogP contribution is 2.19. The van der Waals surface area contributed by atoms with Gasteiger partial charge in [-0.3, -0.25) is 0 Å². The van der Waals surface area contributed by atoms with Gasteiger partial charge in [-0.1, -0.05) is 0 Å². The average molecular weight is 159 g/mol. The van der Waals surface area contributed by atoms with Crippen LogP contribution in [0.1, 0.15) is 19.8 Å². The topological polar surface area (TPSA) is 41.5 Å². The minimum Gasteiger partial charge on any atom is -0.393 e. The third kappa shape index (κ3) is 2.77. The van der Waals surface area contributed by atoms with Crippen LogP contribution in [0.15, 0.2) is 0 Å². The molecule has 2 N–H and O–H groups in total. The zero-order chi connectivity index (χ0) is 8.27. The monoisotopic (exact) mass is 159 g/mol. The number of hydrogen-bond donors (Lipinski definition) is 2. The van der Waals surface area contributed by atoms with Crippen molar-refractivity contribution in [2.24, 2.45) is 0 Å². The molecule has 0 aromatic carbocycles. The van der Waals surface area contributed by atoms with Crippen LogP contribution in [0.3, 0.4) is 0 Å². The molecule has 1 aliphatic rings. The quantitative estimate of drug-likeness (QED) is 0.613. The second-order valence-electron chi connectivity index (χ2n) is 3.35. The van der Waals surface area contributed by atoms with Crippen LogP contribution in [0.5, 0.6) is 0 Å². The molecule has 1 fully saturated rings. The van der Waals surface area contributed by atoms with Gasteiger partial charge in [-0.15, -0.1) is 0 Å². The predicted molar refractivity (Wildman–Crippen MR) is 43.5 cm³/mol. The molecule has 1 rings (SSSR count). The lowest BCUT2D eigenvalue weighted by atomic mass is 9.89. The molecule has 0 amide bonds. The summed E-state index contributed by atoms with van der Waals surface area (Å²) in [4.78, 5) is 0. The Morgan fingerprint density at radius 3 is 2.73 bits per heavy atom. The summed E-state index contributed by atoms with van der Waals surface area (Å²) in [5, 5.41) is 12.4. The number of methoxy groups -OCH3 is 1. The molecule has 0 aromatic heterocycles. The van der Waals surface area contributed by atoms with Crippen molar-refractivity contribution in [3.05, 3.63) is 0 Å². The minimum absolute atomic E-state index is 0.0674. The summed E-state index contributed by atoms with van der Waals surface area (Å²) in [6.07, 6.45) is 1.73. The summed E-state index contributed by atoms with van der Waals surface area (Å²) < 4.78 is 4.97. The van der Waals surface area contributed by atoms with E-state index in [1.165, 1.54) is 0 Å².